The molecule has 2 aromatic rings. The monoisotopic (exact) mass is 632 g/mol. The van der Waals surface area contributed by atoms with E-state index in [1.54, 1.807) is 32.9 Å². The van der Waals surface area contributed by atoms with Crippen LogP contribution in [-0.4, -0.2) is 51.3 Å². The predicted molar refractivity (Wildman–Crippen MR) is 145 cm³/mol. The molecule has 0 saturated carbocycles. The molecule has 0 N–H and O–H groups in total. The van der Waals surface area contributed by atoms with E-state index in [1.165, 1.54) is 10.4 Å². The number of carbonyl (C=O) groups excluding carboxylic acids is 1. The highest BCUT2D eigenvalue weighted by molar-refractivity contribution is 9.10. The van der Waals surface area contributed by atoms with Crippen LogP contribution in [0.1, 0.15) is 52.5 Å². The lowest BCUT2D eigenvalue weighted by Crippen LogP contribution is -2.58. The molecule has 0 amide bonds. The summed E-state index contributed by atoms with van der Waals surface area (Å²) in [6.45, 7) is 8.09. The number of sulfonamides is 1. The maximum atomic E-state index is 13.8. The Morgan fingerprint density at radius 3 is 2.51 bits per heavy atom. The van der Waals surface area contributed by atoms with Gasteiger partial charge in [-0.15, -0.1) is 0 Å². The minimum Gasteiger partial charge on any atom is -0.460 e. The molecule has 214 valence electrons. The Kier molecular flexibility index (Phi) is 8.05. The molecule has 12 heteroatoms. The van der Waals surface area contributed by atoms with Gasteiger partial charge in [-0.25, -0.2) is 8.42 Å². The van der Waals surface area contributed by atoms with Crippen molar-refractivity contribution < 1.29 is 35.9 Å². The predicted octanol–water partition coefficient (Wildman–Crippen LogP) is 6.15. The number of benzene rings is 2. The summed E-state index contributed by atoms with van der Waals surface area (Å²) in [5.41, 5.74) is -1.17. The fourth-order valence-corrected chi connectivity index (χ4v) is 6.95. The second-order valence-corrected chi connectivity index (χ2v) is 13.9. The topological polar surface area (TPSA) is 76.2 Å². The first-order valence-electron chi connectivity index (χ1n) is 12.6. The van der Waals surface area contributed by atoms with E-state index in [0.717, 1.165) is 12.1 Å². The zero-order valence-electron chi connectivity index (χ0n) is 22.2. The molecule has 4 rings (SSSR count). The summed E-state index contributed by atoms with van der Waals surface area (Å²) in [6.07, 6.45) is -3.47. The number of fused-ring (bicyclic) bond motifs is 3. The van der Waals surface area contributed by atoms with E-state index in [0.29, 0.717) is 41.3 Å². The number of halogens is 4. The van der Waals surface area contributed by atoms with Crippen LogP contribution in [0.2, 0.25) is 0 Å². The summed E-state index contributed by atoms with van der Waals surface area (Å²) in [6, 6.07) is 8.80. The number of alkyl halides is 3. The molecule has 1 fully saturated rings. The summed E-state index contributed by atoms with van der Waals surface area (Å²) in [7, 11) is -4.32. The maximum Gasteiger partial charge on any atom is 0.416 e. The van der Waals surface area contributed by atoms with Gasteiger partial charge in [0.15, 0.2) is 0 Å². The van der Waals surface area contributed by atoms with Crippen LogP contribution in [0.15, 0.2) is 51.8 Å². The normalized spacial score (nSPS) is 21.8. The molecule has 2 aliphatic rings. The molecule has 2 heterocycles. The van der Waals surface area contributed by atoms with Crippen molar-refractivity contribution in [1.82, 2.24) is 0 Å². The van der Waals surface area contributed by atoms with Crippen molar-refractivity contribution in [3.8, 4) is 0 Å². The third-order valence-corrected chi connectivity index (χ3v) is 9.08. The number of hydrogen-bond donors (Lipinski definition) is 0. The summed E-state index contributed by atoms with van der Waals surface area (Å²) >= 11 is 3.40. The lowest BCUT2D eigenvalue weighted by molar-refractivity contribution is -0.157. The van der Waals surface area contributed by atoms with Crippen LogP contribution in [0.4, 0.5) is 24.5 Å². The molecule has 0 spiro atoms. The van der Waals surface area contributed by atoms with Gasteiger partial charge in [-0.3, -0.25) is 9.10 Å². The summed E-state index contributed by atoms with van der Waals surface area (Å²) in [4.78, 5) is 13.8. The SMILES string of the molecule is CC(C)(C)OC(=O)CCO[C@]1(C)CCN2c3ccc(Br)cc3N(S(=O)(=O)c3cccc(C(F)(F)F)c3)C[C@@H]2C1. The Balaban J connectivity index is 1.59. The quantitative estimate of drug-likeness (QED) is 0.356. The zero-order valence-corrected chi connectivity index (χ0v) is 24.6. The second kappa shape index (κ2) is 10.6. The van der Waals surface area contributed by atoms with Crippen LogP contribution in [0, 0.1) is 0 Å². The second-order valence-electron chi connectivity index (χ2n) is 11.1. The lowest BCUT2D eigenvalue weighted by Gasteiger charge is -2.51. The molecule has 39 heavy (non-hydrogen) atoms. The Bertz CT molecular complexity index is 1350. The smallest absolute Gasteiger partial charge is 0.416 e. The number of rotatable bonds is 6. The van der Waals surface area contributed by atoms with Gasteiger partial charge in [0.1, 0.15) is 5.60 Å². The fourth-order valence-electron chi connectivity index (χ4n) is 5.05. The van der Waals surface area contributed by atoms with Crippen LogP contribution >= 0.6 is 15.9 Å². The molecule has 0 radical (unpaired) electrons. The minimum absolute atomic E-state index is 0.0348. The van der Waals surface area contributed by atoms with E-state index in [2.05, 4.69) is 20.8 Å². The van der Waals surface area contributed by atoms with Crippen LogP contribution in [0.25, 0.3) is 0 Å². The van der Waals surface area contributed by atoms with Gasteiger partial charge in [-0.05, 0) is 76.9 Å². The summed E-state index contributed by atoms with van der Waals surface area (Å²) in [5.74, 6) is -0.362. The van der Waals surface area contributed by atoms with Crippen molar-refractivity contribution in [3.05, 3.63) is 52.5 Å². The molecular weight excluding hydrogens is 601 g/mol. The van der Waals surface area contributed by atoms with Gasteiger partial charge in [-0.2, -0.15) is 13.2 Å². The van der Waals surface area contributed by atoms with Gasteiger partial charge in [0.25, 0.3) is 10.0 Å². The molecule has 2 atom stereocenters. The average Bonchev–Trinajstić information content (AvgIpc) is 2.81. The number of esters is 1. The van der Waals surface area contributed by atoms with Crippen LogP contribution < -0.4 is 9.21 Å². The van der Waals surface area contributed by atoms with E-state index in [1.807, 2.05) is 13.0 Å². The van der Waals surface area contributed by atoms with Crippen molar-refractivity contribution in [2.24, 2.45) is 0 Å². The number of carbonyl (C=O) groups is 1. The Labute approximate surface area is 235 Å². The highest BCUT2D eigenvalue weighted by Gasteiger charge is 2.44. The Morgan fingerprint density at radius 2 is 1.85 bits per heavy atom. The van der Waals surface area contributed by atoms with Crippen LogP contribution in [0.5, 0.6) is 0 Å². The molecule has 0 aliphatic carbocycles. The third-order valence-electron chi connectivity index (χ3n) is 6.81. The Hall–Kier alpha value is -2.31. The van der Waals surface area contributed by atoms with Crippen LogP contribution in [-0.2, 0) is 30.5 Å². The van der Waals surface area contributed by atoms with Gasteiger partial charge in [0.2, 0.25) is 0 Å². The van der Waals surface area contributed by atoms with Crippen molar-refractivity contribution in [2.75, 3.05) is 28.9 Å². The van der Waals surface area contributed by atoms with E-state index in [4.69, 9.17) is 9.47 Å². The van der Waals surface area contributed by atoms with Gasteiger partial charge in [0.05, 0.1) is 53.0 Å². The Morgan fingerprint density at radius 1 is 1.13 bits per heavy atom. The molecule has 2 aliphatic heterocycles. The molecule has 0 aromatic heterocycles. The first kappa shape index (κ1) is 29.7. The number of piperidine rings is 1. The molecule has 0 unspecified atom stereocenters. The maximum absolute atomic E-state index is 13.8. The third kappa shape index (κ3) is 6.71. The number of nitrogens with zero attached hydrogens (tertiary/aromatic N) is 2. The highest BCUT2D eigenvalue weighted by Crippen LogP contribution is 2.45. The zero-order chi connectivity index (χ0) is 28.8. The van der Waals surface area contributed by atoms with Crippen LogP contribution in [0.3, 0.4) is 0 Å². The van der Waals surface area contributed by atoms with Crippen molar-refractivity contribution in [2.45, 2.75) is 75.3 Å². The fraction of sp³-hybridized carbons (Fsp3) is 0.519. The lowest BCUT2D eigenvalue weighted by atomic mass is 9.86. The highest BCUT2D eigenvalue weighted by atomic mass is 79.9. The average molecular weight is 634 g/mol. The molecule has 1 saturated heterocycles. The van der Waals surface area contributed by atoms with E-state index in [9.17, 15) is 26.4 Å². The van der Waals surface area contributed by atoms with Crippen molar-refractivity contribution in [3.63, 3.8) is 0 Å². The number of ether oxygens (including phenoxy) is 2. The van der Waals surface area contributed by atoms with E-state index in [-0.39, 0.29) is 31.6 Å². The molecule has 2 aromatic carbocycles. The first-order chi connectivity index (χ1) is 18.0. The van der Waals surface area contributed by atoms with Gasteiger partial charge in [-0.1, -0.05) is 22.0 Å². The largest absolute Gasteiger partial charge is 0.460 e. The number of anilines is 2. The van der Waals surface area contributed by atoms with E-state index >= 15 is 0 Å². The van der Waals surface area contributed by atoms with Gasteiger partial charge in [0, 0.05) is 11.0 Å². The molecule has 0 bridgehead atoms. The van der Waals surface area contributed by atoms with E-state index < -0.39 is 37.9 Å². The van der Waals surface area contributed by atoms with Crippen molar-refractivity contribution >= 4 is 43.3 Å². The van der Waals surface area contributed by atoms with Gasteiger partial charge < -0.3 is 14.4 Å². The van der Waals surface area contributed by atoms with Gasteiger partial charge >= 0.3 is 12.1 Å². The summed E-state index contributed by atoms with van der Waals surface area (Å²) < 4.78 is 81.0. The molecular formula is C27H32BrF3N2O5S. The number of hydrogen-bond acceptors (Lipinski definition) is 6. The first-order valence-corrected chi connectivity index (χ1v) is 14.8. The minimum atomic E-state index is -4.67. The molecule has 7 nitrogen and oxygen atoms in total. The summed E-state index contributed by atoms with van der Waals surface area (Å²) in [5, 5.41) is 0. The van der Waals surface area contributed by atoms with Crippen molar-refractivity contribution in [1.29, 1.82) is 0 Å². The standard InChI is InChI=1S/C27H32BrF3N2O5S/c1-25(2,3)38-24(34)10-13-37-26(4)11-12-32-20(16-26)17-33(23-15-19(28)8-9-22(23)32)39(35,36)21-7-5-6-18(14-21)27(29,30)31/h5-9,14-15,20H,10-13,16-17H2,1-4H3/t20-,26+/m0/s1.